The summed E-state index contributed by atoms with van der Waals surface area (Å²) < 4.78 is 34.9. The SMILES string of the molecule is CCCCN(Cc1cccc(Cl)c1)S(=O)(=O)N1CCCC(COC)C1. The maximum absolute atomic E-state index is 13.2. The third-order valence-corrected chi connectivity index (χ3v) is 6.73. The van der Waals surface area contributed by atoms with Gasteiger partial charge in [-0.3, -0.25) is 0 Å². The fraction of sp³-hybridized carbons (Fsp3) is 0.667. The summed E-state index contributed by atoms with van der Waals surface area (Å²) in [5, 5.41) is 0.628. The van der Waals surface area contributed by atoms with Gasteiger partial charge < -0.3 is 4.74 Å². The molecule has 0 aliphatic carbocycles. The zero-order valence-electron chi connectivity index (χ0n) is 15.2. The van der Waals surface area contributed by atoms with Crippen LogP contribution >= 0.6 is 11.6 Å². The van der Waals surface area contributed by atoms with E-state index in [2.05, 4.69) is 6.92 Å². The molecule has 0 N–H and O–H groups in total. The Morgan fingerprint density at radius 3 is 2.88 bits per heavy atom. The van der Waals surface area contributed by atoms with E-state index in [-0.39, 0.29) is 5.92 Å². The van der Waals surface area contributed by atoms with Gasteiger partial charge in [-0.05, 0) is 42.9 Å². The number of benzene rings is 1. The summed E-state index contributed by atoms with van der Waals surface area (Å²) in [6, 6.07) is 7.41. The molecule has 0 spiro atoms. The molecule has 1 saturated heterocycles. The molecule has 7 heteroatoms. The Kier molecular flexibility index (Phi) is 8.16. The average Bonchev–Trinajstić information content (AvgIpc) is 2.59. The zero-order valence-corrected chi connectivity index (χ0v) is 16.7. The molecule has 0 bridgehead atoms. The minimum Gasteiger partial charge on any atom is -0.384 e. The highest BCUT2D eigenvalue weighted by molar-refractivity contribution is 7.86. The summed E-state index contributed by atoms with van der Waals surface area (Å²) >= 11 is 6.06. The van der Waals surface area contributed by atoms with Gasteiger partial charge in [-0.1, -0.05) is 37.1 Å². The second-order valence-electron chi connectivity index (χ2n) is 6.65. The fourth-order valence-electron chi connectivity index (χ4n) is 3.22. The van der Waals surface area contributed by atoms with Gasteiger partial charge in [0.1, 0.15) is 0 Å². The Bertz CT molecular complexity index is 637. The number of rotatable bonds is 9. The van der Waals surface area contributed by atoms with Crippen molar-refractivity contribution in [3.8, 4) is 0 Å². The summed E-state index contributed by atoms with van der Waals surface area (Å²) in [5.74, 6) is 0.271. The highest BCUT2D eigenvalue weighted by Gasteiger charge is 2.33. The number of halogens is 1. The maximum atomic E-state index is 13.2. The van der Waals surface area contributed by atoms with E-state index in [0.717, 1.165) is 31.2 Å². The van der Waals surface area contributed by atoms with E-state index >= 15 is 0 Å². The molecule has 1 fully saturated rings. The molecule has 1 aromatic carbocycles. The molecule has 5 nitrogen and oxygen atoms in total. The Hall–Kier alpha value is -0.660. The quantitative estimate of drug-likeness (QED) is 0.650. The van der Waals surface area contributed by atoms with Crippen LogP contribution in [0, 0.1) is 5.92 Å². The number of nitrogens with zero attached hydrogens (tertiary/aromatic N) is 2. The van der Waals surface area contributed by atoms with Crippen LogP contribution in [0.5, 0.6) is 0 Å². The van der Waals surface area contributed by atoms with Crippen LogP contribution in [0.2, 0.25) is 5.02 Å². The Morgan fingerprint density at radius 1 is 1.40 bits per heavy atom. The van der Waals surface area contributed by atoms with Gasteiger partial charge >= 0.3 is 0 Å². The van der Waals surface area contributed by atoms with Crippen molar-refractivity contribution in [3.05, 3.63) is 34.9 Å². The van der Waals surface area contributed by atoms with Gasteiger partial charge in [0, 0.05) is 38.3 Å². The molecule has 25 heavy (non-hydrogen) atoms. The smallest absolute Gasteiger partial charge is 0.282 e. The lowest BCUT2D eigenvalue weighted by molar-refractivity contribution is 0.116. The molecule has 1 unspecified atom stereocenters. The number of unbranched alkanes of at least 4 members (excludes halogenated alkanes) is 1. The highest BCUT2D eigenvalue weighted by atomic mass is 35.5. The third kappa shape index (κ3) is 5.93. The molecule has 0 aromatic heterocycles. The first-order chi connectivity index (χ1) is 12.0. The van der Waals surface area contributed by atoms with Crippen molar-refractivity contribution in [1.82, 2.24) is 8.61 Å². The zero-order chi connectivity index (χ0) is 18.3. The molecule has 1 aliphatic heterocycles. The third-order valence-electron chi connectivity index (χ3n) is 4.55. The van der Waals surface area contributed by atoms with E-state index < -0.39 is 10.2 Å². The first kappa shape index (κ1) is 20.6. The van der Waals surface area contributed by atoms with Gasteiger partial charge in [-0.25, -0.2) is 0 Å². The second-order valence-corrected chi connectivity index (χ2v) is 9.01. The minimum atomic E-state index is -3.49. The van der Waals surface area contributed by atoms with Crippen LogP contribution in [0.1, 0.15) is 38.2 Å². The van der Waals surface area contributed by atoms with Crippen molar-refractivity contribution < 1.29 is 13.2 Å². The lowest BCUT2D eigenvalue weighted by atomic mass is 10.0. The molecular weight excluding hydrogens is 360 g/mol. The molecule has 1 heterocycles. The molecular formula is C18H29ClN2O3S. The second kappa shape index (κ2) is 9.88. The predicted octanol–water partition coefficient (Wildman–Crippen LogP) is 3.55. The Morgan fingerprint density at radius 2 is 2.20 bits per heavy atom. The molecule has 2 rings (SSSR count). The van der Waals surface area contributed by atoms with Crippen LogP contribution in [0.4, 0.5) is 0 Å². The van der Waals surface area contributed by atoms with Crippen molar-refractivity contribution in [1.29, 1.82) is 0 Å². The van der Waals surface area contributed by atoms with E-state index in [0.29, 0.717) is 37.8 Å². The number of hydrogen-bond acceptors (Lipinski definition) is 3. The molecule has 0 radical (unpaired) electrons. The maximum Gasteiger partial charge on any atom is 0.282 e. The van der Waals surface area contributed by atoms with Gasteiger partial charge in [0.25, 0.3) is 10.2 Å². The van der Waals surface area contributed by atoms with Crippen molar-refractivity contribution in [3.63, 3.8) is 0 Å². The fourth-order valence-corrected chi connectivity index (χ4v) is 5.19. The van der Waals surface area contributed by atoms with Gasteiger partial charge in [0.2, 0.25) is 0 Å². The van der Waals surface area contributed by atoms with Gasteiger partial charge in [0.05, 0.1) is 6.61 Å². The van der Waals surface area contributed by atoms with E-state index in [9.17, 15) is 8.42 Å². The van der Waals surface area contributed by atoms with Crippen LogP contribution in [0.15, 0.2) is 24.3 Å². The highest BCUT2D eigenvalue weighted by Crippen LogP contribution is 2.23. The van der Waals surface area contributed by atoms with Crippen molar-refractivity contribution in [2.45, 2.75) is 39.2 Å². The number of hydrogen-bond donors (Lipinski definition) is 0. The van der Waals surface area contributed by atoms with E-state index in [1.807, 2.05) is 18.2 Å². The first-order valence-electron chi connectivity index (χ1n) is 8.96. The van der Waals surface area contributed by atoms with Crippen molar-refractivity contribution in [2.75, 3.05) is 33.4 Å². The minimum absolute atomic E-state index is 0.271. The Balaban J connectivity index is 2.16. The van der Waals surface area contributed by atoms with Crippen LogP contribution in [0.3, 0.4) is 0 Å². The summed E-state index contributed by atoms with van der Waals surface area (Å²) in [6.45, 7) is 4.68. The van der Waals surface area contributed by atoms with E-state index in [4.69, 9.17) is 16.3 Å². The van der Waals surface area contributed by atoms with E-state index in [1.54, 1.807) is 21.8 Å². The molecule has 1 aromatic rings. The largest absolute Gasteiger partial charge is 0.384 e. The molecule has 0 amide bonds. The predicted molar refractivity (Wildman–Crippen MR) is 102 cm³/mol. The standard InChI is InChI=1S/C18H29ClN2O3S/c1-3-4-10-20(13-16-7-5-9-18(19)12-16)25(22,23)21-11-6-8-17(14-21)15-24-2/h5,7,9,12,17H,3-4,6,8,10-11,13-15H2,1-2H3. The van der Waals surface area contributed by atoms with Crippen LogP contribution < -0.4 is 0 Å². The lowest BCUT2D eigenvalue weighted by Crippen LogP contribution is -2.48. The summed E-state index contributed by atoms with van der Waals surface area (Å²) in [7, 11) is -1.82. The number of ether oxygens (including phenoxy) is 1. The monoisotopic (exact) mass is 388 g/mol. The number of piperidine rings is 1. The Labute approximate surface area is 157 Å². The van der Waals surface area contributed by atoms with Crippen LogP contribution in [-0.2, 0) is 21.5 Å². The summed E-state index contributed by atoms with van der Waals surface area (Å²) in [4.78, 5) is 0. The topological polar surface area (TPSA) is 49.9 Å². The summed E-state index contributed by atoms with van der Waals surface area (Å²) in [6.07, 6.45) is 3.69. The van der Waals surface area contributed by atoms with Gasteiger partial charge in [-0.2, -0.15) is 17.0 Å². The van der Waals surface area contributed by atoms with Crippen LogP contribution in [0.25, 0.3) is 0 Å². The average molecular weight is 389 g/mol. The molecule has 0 saturated carbocycles. The lowest BCUT2D eigenvalue weighted by Gasteiger charge is -2.35. The van der Waals surface area contributed by atoms with Crippen molar-refractivity contribution in [2.24, 2.45) is 5.92 Å². The molecule has 1 aliphatic rings. The summed E-state index contributed by atoms with van der Waals surface area (Å²) in [5.41, 5.74) is 0.914. The van der Waals surface area contributed by atoms with Gasteiger partial charge in [-0.15, -0.1) is 0 Å². The first-order valence-corrected chi connectivity index (χ1v) is 10.7. The number of methoxy groups -OCH3 is 1. The molecule has 142 valence electrons. The normalized spacial score (nSPS) is 19.4. The van der Waals surface area contributed by atoms with E-state index in [1.165, 1.54) is 0 Å². The van der Waals surface area contributed by atoms with Gasteiger partial charge in [0.15, 0.2) is 0 Å². The van der Waals surface area contributed by atoms with Crippen molar-refractivity contribution >= 4 is 21.8 Å². The van der Waals surface area contributed by atoms with Crippen LogP contribution in [-0.4, -0.2) is 50.4 Å². The molecule has 1 atom stereocenters.